The number of carbonyl (C=O) groups excluding carboxylic acids is 3. The molecule has 306 valence electrons. The van der Waals surface area contributed by atoms with Crippen LogP contribution in [0, 0.1) is 23.7 Å². The molecule has 0 amide bonds. The molecular weight excluding hydrogens is 709 g/mol. The van der Waals surface area contributed by atoms with Gasteiger partial charge in [0, 0.05) is 42.7 Å². The Labute approximate surface area is 332 Å². The molecule has 1 saturated carbocycles. The summed E-state index contributed by atoms with van der Waals surface area (Å²) in [7, 11) is 1.87. The van der Waals surface area contributed by atoms with Crippen LogP contribution >= 0.6 is 0 Å². The molecule has 0 aromatic heterocycles. The standard InChI is InChI=1S/C45H64N4O7/c1-6-47-37-24-32-12-8-7-11-31(32)23-36(37)38(15-10-20-50)55-43(54)45-42(53)40-33(21-28(2)3)13-9-14-35(40)41(52)44(45,56-45)25-34(26-51)29(4)16-17-30-18-19-48-39(22-30)49-27-46-5/h8-9,12-14,18,22,28,31-32,36-38,46-51H,6-7,10-11,15-17,19-21,23-27H2,1-5H3/b34-29-/t31-,32+,36-,37-,38-,44-,45-/m0/s1. The second-order valence-corrected chi connectivity index (χ2v) is 16.9. The zero-order chi connectivity index (χ0) is 40.0. The van der Waals surface area contributed by atoms with Gasteiger partial charge in [0.05, 0.1) is 13.3 Å². The molecule has 2 heterocycles. The van der Waals surface area contributed by atoms with Crippen molar-refractivity contribution in [2.45, 2.75) is 115 Å². The number of nitrogens with one attached hydrogen (secondary N) is 4. The molecule has 2 aliphatic heterocycles. The highest BCUT2D eigenvalue weighted by Crippen LogP contribution is 2.60. The molecule has 11 heteroatoms. The number of benzene rings is 1. The van der Waals surface area contributed by atoms with E-state index in [9.17, 15) is 19.8 Å². The van der Waals surface area contributed by atoms with E-state index < -0.39 is 34.8 Å². The Morgan fingerprint density at radius 2 is 1.98 bits per heavy atom. The first-order valence-electron chi connectivity index (χ1n) is 21.0. The van der Waals surface area contributed by atoms with Crippen molar-refractivity contribution in [3.63, 3.8) is 0 Å². The Balaban J connectivity index is 1.34. The fraction of sp³-hybridized carbons (Fsp3) is 0.622. The maximum Gasteiger partial charge on any atom is 0.350 e. The maximum atomic E-state index is 15.0. The highest BCUT2D eigenvalue weighted by molar-refractivity contribution is 6.33. The molecule has 11 nitrogen and oxygen atoms in total. The molecule has 2 fully saturated rings. The van der Waals surface area contributed by atoms with Gasteiger partial charge in [-0.05, 0) is 119 Å². The number of allylic oxidation sites excluding steroid dienone is 5. The van der Waals surface area contributed by atoms with Crippen molar-refractivity contribution < 1.29 is 34.1 Å². The molecule has 3 aliphatic carbocycles. The van der Waals surface area contributed by atoms with Gasteiger partial charge in [-0.2, -0.15) is 0 Å². The van der Waals surface area contributed by atoms with Crippen molar-refractivity contribution >= 4 is 17.5 Å². The number of epoxide rings is 1. The van der Waals surface area contributed by atoms with Crippen molar-refractivity contribution in [1.29, 1.82) is 0 Å². The summed E-state index contributed by atoms with van der Waals surface area (Å²) >= 11 is 0. The van der Waals surface area contributed by atoms with Gasteiger partial charge in [-0.25, -0.2) is 4.79 Å². The van der Waals surface area contributed by atoms with Gasteiger partial charge < -0.3 is 41.0 Å². The van der Waals surface area contributed by atoms with Gasteiger partial charge in [-0.3, -0.25) is 9.59 Å². The number of fused-ring (bicyclic) bond motifs is 3. The number of esters is 1. The van der Waals surface area contributed by atoms with E-state index in [2.05, 4.69) is 66.3 Å². The molecular formula is C45H64N4O7. The van der Waals surface area contributed by atoms with Gasteiger partial charge in [0.15, 0.2) is 11.4 Å². The minimum absolute atomic E-state index is 0.0385. The summed E-state index contributed by atoms with van der Waals surface area (Å²) in [6, 6.07) is 5.38. The quantitative estimate of drug-likeness (QED) is 0.0368. The first-order valence-corrected chi connectivity index (χ1v) is 21.0. The van der Waals surface area contributed by atoms with E-state index >= 15 is 4.79 Å². The van der Waals surface area contributed by atoms with Crippen LogP contribution in [0.1, 0.15) is 112 Å². The minimum atomic E-state index is -2.17. The Hall–Kier alpha value is -3.61. The van der Waals surface area contributed by atoms with Crippen LogP contribution in [0.15, 0.2) is 65.0 Å². The second-order valence-electron chi connectivity index (χ2n) is 16.9. The highest BCUT2D eigenvalue weighted by Gasteiger charge is 2.86. The van der Waals surface area contributed by atoms with E-state index in [1.165, 1.54) is 0 Å². The van der Waals surface area contributed by atoms with Gasteiger partial charge in [0.1, 0.15) is 11.9 Å². The van der Waals surface area contributed by atoms with Crippen LogP contribution in [-0.4, -0.2) is 91.1 Å². The van der Waals surface area contributed by atoms with E-state index in [0.29, 0.717) is 68.3 Å². The number of ketones is 2. The first kappa shape index (κ1) is 42.0. The third-order valence-corrected chi connectivity index (χ3v) is 12.7. The van der Waals surface area contributed by atoms with Crippen molar-refractivity contribution in [3.05, 3.63) is 81.7 Å². The number of rotatable bonds is 19. The van der Waals surface area contributed by atoms with Crippen molar-refractivity contribution in [2.75, 3.05) is 40.0 Å². The SMILES string of the molecule is CCN[C@H]1C[C@H]2C=CCC[C@H]2C[C@@H]1[C@H](CCCO)OC(=O)[C@]12O[C@@]1(C/C(CO)=C(\C)CCC1=CCNC(NCNC)=C1)C(=O)c1cccc(CC(C)C)c1C2=O. The second kappa shape index (κ2) is 18.3. The fourth-order valence-electron chi connectivity index (χ4n) is 9.76. The molecule has 6 N–H and O–H groups in total. The van der Waals surface area contributed by atoms with Gasteiger partial charge >= 0.3 is 5.97 Å². The van der Waals surface area contributed by atoms with E-state index in [0.717, 1.165) is 49.2 Å². The molecule has 0 unspecified atom stereocenters. The first-order chi connectivity index (χ1) is 27.0. The van der Waals surface area contributed by atoms with Crippen LogP contribution in [0.25, 0.3) is 0 Å². The minimum Gasteiger partial charge on any atom is -0.459 e. The fourth-order valence-corrected chi connectivity index (χ4v) is 9.76. The molecule has 5 aliphatic rings. The van der Waals surface area contributed by atoms with Gasteiger partial charge in [0.2, 0.25) is 5.78 Å². The normalized spacial score (nSPS) is 28.9. The monoisotopic (exact) mass is 772 g/mol. The van der Waals surface area contributed by atoms with E-state index in [4.69, 9.17) is 9.47 Å². The zero-order valence-electron chi connectivity index (χ0n) is 34.0. The lowest BCUT2D eigenvalue weighted by atomic mass is 9.66. The molecule has 0 bridgehead atoms. The lowest BCUT2D eigenvalue weighted by Crippen LogP contribution is -2.54. The summed E-state index contributed by atoms with van der Waals surface area (Å²) in [6.45, 7) is 9.78. The van der Waals surface area contributed by atoms with E-state index in [1.54, 1.807) is 12.1 Å². The van der Waals surface area contributed by atoms with E-state index in [1.807, 2.05) is 20.0 Å². The maximum absolute atomic E-state index is 15.0. The summed E-state index contributed by atoms with van der Waals surface area (Å²) in [5.74, 6) is 0.186. The molecule has 0 radical (unpaired) electrons. The average molecular weight is 773 g/mol. The summed E-state index contributed by atoms with van der Waals surface area (Å²) in [4.78, 5) is 44.9. The van der Waals surface area contributed by atoms with Crippen LogP contribution in [0.5, 0.6) is 0 Å². The number of dihydropyridines is 1. The van der Waals surface area contributed by atoms with Crippen LogP contribution in [0.3, 0.4) is 0 Å². The third kappa shape index (κ3) is 8.34. The van der Waals surface area contributed by atoms with Gasteiger partial charge in [0.25, 0.3) is 5.60 Å². The van der Waals surface area contributed by atoms with E-state index in [-0.39, 0.29) is 48.6 Å². The highest BCUT2D eigenvalue weighted by atomic mass is 16.7. The number of carbonyl (C=O) groups is 3. The topological polar surface area (TPSA) is 162 Å². The predicted molar refractivity (Wildman–Crippen MR) is 217 cm³/mol. The van der Waals surface area contributed by atoms with Crippen LogP contribution in [-0.2, 0) is 20.7 Å². The smallest absolute Gasteiger partial charge is 0.350 e. The zero-order valence-corrected chi connectivity index (χ0v) is 34.0. The number of Topliss-reactive ketones (excluding diaryl/α,β-unsaturated/α-hetero) is 2. The Kier molecular flexibility index (Phi) is 13.7. The molecule has 56 heavy (non-hydrogen) atoms. The van der Waals surface area contributed by atoms with Crippen molar-refractivity contribution in [3.8, 4) is 0 Å². The number of aliphatic hydroxyl groups is 2. The van der Waals surface area contributed by atoms with Crippen molar-refractivity contribution in [1.82, 2.24) is 21.3 Å². The molecule has 1 aromatic rings. The largest absolute Gasteiger partial charge is 0.459 e. The summed E-state index contributed by atoms with van der Waals surface area (Å²) in [6.07, 6.45) is 14.7. The van der Waals surface area contributed by atoms with Gasteiger partial charge in [-0.1, -0.05) is 62.8 Å². The third-order valence-electron chi connectivity index (χ3n) is 12.7. The molecule has 7 atom stereocenters. The number of ether oxygens (including phenoxy) is 2. The molecule has 6 rings (SSSR count). The van der Waals surface area contributed by atoms with Crippen LogP contribution in [0.4, 0.5) is 0 Å². The summed E-state index contributed by atoms with van der Waals surface area (Å²) in [5.41, 5.74) is -0.222. The Morgan fingerprint density at radius 3 is 2.71 bits per heavy atom. The lowest BCUT2D eigenvalue weighted by molar-refractivity contribution is -0.159. The molecule has 1 aromatic carbocycles. The summed E-state index contributed by atoms with van der Waals surface area (Å²) < 4.78 is 13.0. The number of hydrogen-bond donors (Lipinski definition) is 6. The number of hydrogen-bond acceptors (Lipinski definition) is 11. The Bertz CT molecular complexity index is 1750. The van der Waals surface area contributed by atoms with Crippen LogP contribution < -0.4 is 21.3 Å². The van der Waals surface area contributed by atoms with Gasteiger partial charge in [-0.15, -0.1) is 0 Å². The van der Waals surface area contributed by atoms with Crippen LogP contribution in [0.2, 0.25) is 0 Å². The Morgan fingerprint density at radius 1 is 1.16 bits per heavy atom. The molecule has 1 saturated heterocycles. The molecule has 0 spiro atoms. The summed E-state index contributed by atoms with van der Waals surface area (Å²) in [5, 5.41) is 34.1. The van der Waals surface area contributed by atoms with Crippen molar-refractivity contribution in [2.24, 2.45) is 23.7 Å². The lowest BCUT2D eigenvalue weighted by Gasteiger charge is -2.45. The predicted octanol–water partition coefficient (Wildman–Crippen LogP) is 5.04. The average Bonchev–Trinajstić information content (AvgIpc) is 3.90. The number of aliphatic hydroxyl groups excluding tert-OH is 2.